The topological polar surface area (TPSA) is 83.6 Å². The van der Waals surface area contributed by atoms with E-state index < -0.39 is 22.0 Å². The van der Waals surface area contributed by atoms with Gasteiger partial charge in [0.15, 0.2) is 5.78 Å². The summed E-state index contributed by atoms with van der Waals surface area (Å²) < 4.78 is 25.5. The molecule has 0 bridgehead atoms. The van der Waals surface area contributed by atoms with Crippen molar-refractivity contribution in [3.8, 4) is 0 Å². The van der Waals surface area contributed by atoms with Gasteiger partial charge in [0.2, 0.25) is 15.9 Å². The Kier molecular flexibility index (Phi) is 6.51. The van der Waals surface area contributed by atoms with E-state index in [2.05, 4.69) is 5.32 Å². The number of rotatable bonds is 6. The highest BCUT2D eigenvalue weighted by Crippen LogP contribution is 2.30. The number of anilines is 2. The predicted octanol–water partition coefficient (Wildman–Crippen LogP) is 3.99. The molecule has 0 aliphatic carbocycles. The van der Waals surface area contributed by atoms with Gasteiger partial charge in [-0.25, -0.2) is 8.42 Å². The van der Waals surface area contributed by atoms with Crippen LogP contribution < -0.4 is 9.62 Å². The smallest absolute Gasteiger partial charge is 0.247 e. The van der Waals surface area contributed by atoms with Gasteiger partial charge in [0.25, 0.3) is 0 Å². The molecule has 0 aliphatic heterocycles. The molecule has 0 aromatic heterocycles. The molecule has 2 rings (SSSR count). The number of amides is 1. The van der Waals surface area contributed by atoms with E-state index in [1.807, 2.05) is 0 Å². The third-order valence-electron chi connectivity index (χ3n) is 3.78. The Morgan fingerprint density at radius 2 is 1.74 bits per heavy atom. The van der Waals surface area contributed by atoms with E-state index in [1.54, 1.807) is 18.2 Å². The molecule has 6 nitrogen and oxygen atoms in total. The Morgan fingerprint density at radius 3 is 2.30 bits per heavy atom. The van der Waals surface area contributed by atoms with E-state index in [0.717, 1.165) is 10.6 Å². The van der Waals surface area contributed by atoms with E-state index in [0.29, 0.717) is 11.3 Å². The van der Waals surface area contributed by atoms with Crippen molar-refractivity contribution in [2.24, 2.45) is 0 Å². The van der Waals surface area contributed by atoms with Gasteiger partial charge >= 0.3 is 0 Å². The molecule has 1 atom stereocenters. The number of carbonyl (C=O) groups excluding carboxylic acids is 2. The van der Waals surface area contributed by atoms with Crippen molar-refractivity contribution in [1.29, 1.82) is 0 Å². The molecule has 1 amide bonds. The van der Waals surface area contributed by atoms with E-state index in [-0.39, 0.29) is 21.5 Å². The van der Waals surface area contributed by atoms with E-state index in [1.165, 1.54) is 38.1 Å². The largest absolute Gasteiger partial charge is 0.324 e. The first-order valence-corrected chi connectivity index (χ1v) is 10.5. The summed E-state index contributed by atoms with van der Waals surface area (Å²) in [6.45, 7) is 2.87. The SMILES string of the molecule is CC(=O)c1cccc(NC(=O)[C@H](C)N(c2ccc(Cl)c(Cl)c2)S(C)(=O)=O)c1. The molecule has 0 fully saturated rings. The molecule has 0 aliphatic rings. The summed E-state index contributed by atoms with van der Waals surface area (Å²) in [5.41, 5.74) is 1.04. The minimum absolute atomic E-state index is 0.146. The molecule has 0 heterocycles. The van der Waals surface area contributed by atoms with Crippen LogP contribution in [-0.2, 0) is 14.8 Å². The normalized spacial score (nSPS) is 12.3. The summed E-state index contributed by atoms with van der Waals surface area (Å²) in [4.78, 5) is 24.1. The fourth-order valence-corrected chi connectivity index (χ4v) is 3.95. The second kappa shape index (κ2) is 8.29. The van der Waals surface area contributed by atoms with Gasteiger partial charge in [-0.05, 0) is 44.2 Å². The third-order valence-corrected chi connectivity index (χ3v) is 5.76. The Labute approximate surface area is 168 Å². The number of Topliss-reactive ketones (excluding diaryl/α,β-unsaturated/α-hetero) is 1. The molecule has 27 heavy (non-hydrogen) atoms. The van der Waals surface area contributed by atoms with Gasteiger partial charge in [-0.2, -0.15) is 0 Å². The number of nitrogens with one attached hydrogen (secondary N) is 1. The Hall–Kier alpha value is -2.09. The Bertz CT molecular complexity index is 993. The molecular formula is C18H18Cl2N2O4S. The molecule has 9 heteroatoms. The highest BCUT2D eigenvalue weighted by molar-refractivity contribution is 7.92. The third kappa shape index (κ3) is 5.22. The average Bonchev–Trinajstić information content (AvgIpc) is 2.57. The minimum atomic E-state index is -3.79. The second-order valence-electron chi connectivity index (χ2n) is 5.96. The number of ketones is 1. The number of sulfonamides is 1. The number of carbonyl (C=O) groups is 2. The van der Waals surface area contributed by atoms with Crippen molar-refractivity contribution < 1.29 is 18.0 Å². The summed E-state index contributed by atoms with van der Waals surface area (Å²) in [6.07, 6.45) is 0.996. The van der Waals surface area contributed by atoms with Gasteiger partial charge in [-0.3, -0.25) is 13.9 Å². The van der Waals surface area contributed by atoms with Crippen LogP contribution in [0.4, 0.5) is 11.4 Å². The number of nitrogens with zero attached hydrogens (tertiary/aromatic N) is 1. The van der Waals surface area contributed by atoms with Crippen LogP contribution in [0.2, 0.25) is 10.0 Å². The first kappa shape index (κ1) is 21.2. The van der Waals surface area contributed by atoms with Crippen LogP contribution in [0.25, 0.3) is 0 Å². The van der Waals surface area contributed by atoms with E-state index >= 15 is 0 Å². The fraction of sp³-hybridized carbons (Fsp3) is 0.222. The lowest BCUT2D eigenvalue weighted by molar-refractivity contribution is -0.116. The molecule has 2 aromatic carbocycles. The number of hydrogen-bond acceptors (Lipinski definition) is 4. The first-order chi connectivity index (χ1) is 12.5. The summed E-state index contributed by atoms with van der Waals surface area (Å²) in [7, 11) is -3.79. The summed E-state index contributed by atoms with van der Waals surface area (Å²) in [5, 5.41) is 3.07. The van der Waals surface area contributed by atoms with Gasteiger partial charge in [0, 0.05) is 11.3 Å². The maximum absolute atomic E-state index is 12.6. The second-order valence-corrected chi connectivity index (χ2v) is 8.63. The maximum Gasteiger partial charge on any atom is 0.247 e. The first-order valence-electron chi connectivity index (χ1n) is 7.87. The molecule has 0 saturated heterocycles. The number of benzene rings is 2. The molecule has 2 aromatic rings. The number of halogens is 2. The van der Waals surface area contributed by atoms with E-state index in [4.69, 9.17) is 23.2 Å². The predicted molar refractivity (Wildman–Crippen MR) is 108 cm³/mol. The molecule has 0 unspecified atom stereocenters. The summed E-state index contributed by atoms with van der Waals surface area (Å²) in [5.74, 6) is -0.708. The van der Waals surface area contributed by atoms with Crippen LogP contribution in [0.3, 0.4) is 0 Å². The maximum atomic E-state index is 12.6. The molecule has 0 spiro atoms. The molecule has 0 radical (unpaired) electrons. The monoisotopic (exact) mass is 428 g/mol. The zero-order chi connectivity index (χ0) is 20.4. The Balaban J connectivity index is 2.33. The zero-order valence-corrected chi connectivity index (χ0v) is 17.2. The zero-order valence-electron chi connectivity index (χ0n) is 14.9. The number of hydrogen-bond donors (Lipinski definition) is 1. The van der Waals surface area contributed by atoms with Crippen molar-refractivity contribution in [2.45, 2.75) is 19.9 Å². The van der Waals surface area contributed by atoms with Gasteiger partial charge < -0.3 is 5.32 Å². The minimum Gasteiger partial charge on any atom is -0.324 e. The van der Waals surface area contributed by atoms with Gasteiger partial charge in [-0.15, -0.1) is 0 Å². The summed E-state index contributed by atoms with van der Waals surface area (Å²) in [6, 6.07) is 9.62. The van der Waals surface area contributed by atoms with Crippen LogP contribution >= 0.6 is 23.2 Å². The van der Waals surface area contributed by atoms with Crippen LogP contribution in [-0.4, -0.2) is 32.4 Å². The highest BCUT2D eigenvalue weighted by atomic mass is 35.5. The van der Waals surface area contributed by atoms with Crippen molar-refractivity contribution in [2.75, 3.05) is 15.9 Å². The van der Waals surface area contributed by atoms with Crippen LogP contribution in [0, 0.1) is 0 Å². The van der Waals surface area contributed by atoms with Crippen molar-refractivity contribution >= 4 is 56.3 Å². The Morgan fingerprint density at radius 1 is 1.07 bits per heavy atom. The molecule has 0 saturated carbocycles. The van der Waals surface area contributed by atoms with Crippen LogP contribution in [0.5, 0.6) is 0 Å². The molecular weight excluding hydrogens is 411 g/mol. The van der Waals surface area contributed by atoms with E-state index in [9.17, 15) is 18.0 Å². The lowest BCUT2D eigenvalue weighted by atomic mass is 10.1. The lowest BCUT2D eigenvalue weighted by Gasteiger charge is -2.28. The van der Waals surface area contributed by atoms with Crippen molar-refractivity contribution in [3.05, 3.63) is 58.1 Å². The lowest BCUT2D eigenvalue weighted by Crippen LogP contribution is -2.45. The molecule has 1 N–H and O–H groups in total. The quantitative estimate of drug-likeness (QED) is 0.704. The van der Waals surface area contributed by atoms with Crippen LogP contribution in [0.15, 0.2) is 42.5 Å². The highest BCUT2D eigenvalue weighted by Gasteiger charge is 2.29. The average molecular weight is 429 g/mol. The standard InChI is InChI=1S/C18H18Cl2N2O4S/c1-11(18(24)21-14-6-4-5-13(9-14)12(2)23)22(27(3,25)26)15-7-8-16(19)17(20)10-15/h4-11H,1-3H3,(H,21,24)/t11-/m0/s1. The van der Waals surface area contributed by atoms with Gasteiger partial charge in [0.1, 0.15) is 6.04 Å². The van der Waals surface area contributed by atoms with Crippen LogP contribution in [0.1, 0.15) is 24.2 Å². The van der Waals surface area contributed by atoms with Crippen molar-refractivity contribution in [3.63, 3.8) is 0 Å². The summed E-state index contributed by atoms with van der Waals surface area (Å²) >= 11 is 11.9. The van der Waals surface area contributed by atoms with Gasteiger partial charge in [0.05, 0.1) is 22.0 Å². The van der Waals surface area contributed by atoms with Gasteiger partial charge in [-0.1, -0.05) is 35.3 Å². The fourth-order valence-electron chi connectivity index (χ4n) is 2.49. The van der Waals surface area contributed by atoms with Crippen molar-refractivity contribution in [1.82, 2.24) is 0 Å². The molecule has 144 valence electrons.